The highest BCUT2D eigenvalue weighted by Gasteiger charge is 2.33. The average molecular weight is 425 g/mol. The van der Waals surface area contributed by atoms with E-state index in [0.29, 0.717) is 20.6 Å². The van der Waals surface area contributed by atoms with Gasteiger partial charge in [-0.3, -0.25) is 9.36 Å². The summed E-state index contributed by atoms with van der Waals surface area (Å²) >= 11 is 2.91. The Hall–Kier alpha value is -2.77. The van der Waals surface area contributed by atoms with Gasteiger partial charge < -0.3 is 4.74 Å². The SMILES string of the molecule is CCOC(=O)C1=C(C)N=c2s/c(=C\c3cccs3)c(=O)n2[C@@H]1c1ccc(C)cc1. The summed E-state index contributed by atoms with van der Waals surface area (Å²) in [7, 11) is 0. The number of fused-ring (bicyclic) bond motifs is 1. The van der Waals surface area contributed by atoms with Crippen molar-refractivity contribution in [2.75, 3.05) is 6.61 Å². The van der Waals surface area contributed by atoms with Crippen molar-refractivity contribution in [1.82, 2.24) is 4.57 Å². The van der Waals surface area contributed by atoms with E-state index in [1.807, 2.05) is 54.8 Å². The van der Waals surface area contributed by atoms with Crippen LogP contribution in [0.1, 0.15) is 35.9 Å². The number of hydrogen-bond acceptors (Lipinski definition) is 6. The molecule has 0 saturated carbocycles. The molecule has 5 nitrogen and oxygen atoms in total. The van der Waals surface area contributed by atoms with Crippen LogP contribution in [0.15, 0.2) is 62.8 Å². The van der Waals surface area contributed by atoms with Crippen molar-refractivity contribution in [2.45, 2.75) is 26.8 Å². The lowest BCUT2D eigenvalue weighted by atomic mass is 9.95. The van der Waals surface area contributed by atoms with E-state index in [1.165, 1.54) is 11.3 Å². The van der Waals surface area contributed by atoms with Gasteiger partial charge in [-0.1, -0.05) is 47.2 Å². The van der Waals surface area contributed by atoms with Gasteiger partial charge >= 0.3 is 5.97 Å². The summed E-state index contributed by atoms with van der Waals surface area (Å²) in [6.07, 6.45) is 1.88. The van der Waals surface area contributed by atoms with E-state index in [9.17, 15) is 9.59 Å². The number of hydrogen-bond donors (Lipinski definition) is 0. The molecule has 0 bridgehead atoms. The van der Waals surface area contributed by atoms with Crippen LogP contribution in [0, 0.1) is 6.92 Å². The number of nitrogens with zero attached hydrogens (tertiary/aromatic N) is 2. The second-order valence-electron chi connectivity index (χ2n) is 6.73. The van der Waals surface area contributed by atoms with Gasteiger partial charge in [0.25, 0.3) is 5.56 Å². The number of carbonyl (C=O) groups excluding carboxylic acids is 1. The number of ether oxygens (including phenoxy) is 1. The highest BCUT2D eigenvalue weighted by atomic mass is 32.1. The van der Waals surface area contributed by atoms with E-state index >= 15 is 0 Å². The molecule has 1 aliphatic heterocycles. The Bertz CT molecular complexity index is 1260. The van der Waals surface area contributed by atoms with Gasteiger partial charge in [-0.25, -0.2) is 9.79 Å². The van der Waals surface area contributed by atoms with Gasteiger partial charge in [-0.05, 0) is 43.9 Å². The van der Waals surface area contributed by atoms with Crippen molar-refractivity contribution < 1.29 is 9.53 Å². The number of thiazole rings is 1. The van der Waals surface area contributed by atoms with Gasteiger partial charge in [0.1, 0.15) is 0 Å². The van der Waals surface area contributed by atoms with E-state index in [2.05, 4.69) is 4.99 Å². The molecule has 1 aliphatic rings. The normalized spacial score (nSPS) is 16.5. The number of allylic oxidation sites excluding steroid dienone is 1. The molecule has 0 saturated heterocycles. The molecule has 1 aromatic carbocycles. The Morgan fingerprint density at radius 1 is 1.24 bits per heavy atom. The Morgan fingerprint density at radius 2 is 2.00 bits per heavy atom. The summed E-state index contributed by atoms with van der Waals surface area (Å²) in [5.41, 5.74) is 2.81. The first kappa shape index (κ1) is 19.5. The van der Waals surface area contributed by atoms with Crippen molar-refractivity contribution in [3.8, 4) is 0 Å². The summed E-state index contributed by atoms with van der Waals surface area (Å²) < 4.78 is 7.52. The number of thiophene rings is 1. The Kier molecular flexibility index (Phi) is 5.34. The first-order valence-corrected chi connectivity index (χ1v) is 11.0. The summed E-state index contributed by atoms with van der Waals surface area (Å²) in [4.78, 5) is 32.3. The zero-order valence-electron chi connectivity index (χ0n) is 16.3. The Labute approximate surface area is 175 Å². The van der Waals surface area contributed by atoms with E-state index in [4.69, 9.17) is 4.74 Å². The number of aryl methyl sites for hydroxylation is 1. The van der Waals surface area contributed by atoms with Gasteiger partial charge in [0.05, 0.1) is 28.5 Å². The molecule has 2 aromatic heterocycles. The van der Waals surface area contributed by atoms with Gasteiger partial charge in [-0.15, -0.1) is 11.3 Å². The standard InChI is InChI=1S/C22H20N2O3S2/c1-4-27-21(26)18-14(3)23-22-24(19(18)15-9-7-13(2)8-10-15)20(25)17(29-22)12-16-6-5-11-28-16/h5-12,19H,4H2,1-3H3/b17-12-/t19-/m1/s1. The summed E-state index contributed by atoms with van der Waals surface area (Å²) in [5.74, 6) is -0.438. The minimum Gasteiger partial charge on any atom is -0.463 e. The summed E-state index contributed by atoms with van der Waals surface area (Å²) in [5, 5.41) is 1.97. The maximum atomic E-state index is 13.3. The van der Waals surface area contributed by atoms with E-state index in [0.717, 1.165) is 16.0 Å². The lowest BCUT2D eigenvalue weighted by molar-refractivity contribution is -0.139. The fourth-order valence-electron chi connectivity index (χ4n) is 3.36. The largest absolute Gasteiger partial charge is 0.463 e. The van der Waals surface area contributed by atoms with E-state index in [1.54, 1.807) is 29.8 Å². The topological polar surface area (TPSA) is 60.7 Å². The third-order valence-electron chi connectivity index (χ3n) is 4.73. The monoisotopic (exact) mass is 424 g/mol. The fraction of sp³-hybridized carbons (Fsp3) is 0.227. The Balaban J connectivity index is 1.97. The quantitative estimate of drug-likeness (QED) is 0.605. The molecule has 148 valence electrons. The molecule has 0 radical (unpaired) electrons. The molecular weight excluding hydrogens is 404 g/mol. The molecule has 3 aromatic rings. The second kappa shape index (κ2) is 7.93. The van der Waals surface area contributed by atoms with Crippen molar-refractivity contribution in [3.05, 3.63) is 88.7 Å². The average Bonchev–Trinajstić information content (AvgIpc) is 3.30. The number of carbonyl (C=O) groups is 1. The zero-order valence-corrected chi connectivity index (χ0v) is 18.0. The predicted octanol–water partition coefficient (Wildman–Crippen LogP) is 3.17. The van der Waals surface area contributed by atoms with Crippen LogP contribution in [-0.4, -0.2) is 17.1 Å². The Morgan fingerprint density at radius 3 is 2.66 bits per heavy atom. The minimum atomic E-state index is -0.559. The van der Waals surface area contributed by atoms with Crippen LogP contribution in [0.5, 0.6) is 0 Å². The summed E-state index contributed by atoms with van der Waals surface area (Å²) in [6.45, 7) is 5.83. The molecule has 4 rings (SSSR count). The minimum absolute atomic E-state index is 0.151. The predicted molar refractivity (Wildman–Crippen MR) is 116 cm³/mol. The van der Waals surface area contributed by atoms with E-state index in [-0.39, 0.29) is 12.2 Å². The highest BCUT2D eigenvalue weighted by Crippen LogP contribution is 2.30. The molecule has 0 amide bonds. The van der Waals surface area contributed by atoms with Crippen LogP contribution in [0.2, 0.25) is 0 Å². The van der Waals surface area contributed by atoms with Crippen LogP contribution < -0.4 is 14.9 Å². The van der Waals surface area contributed by atoms with Crippen LogP contribution >= 0.6 is 22.7 Å². The maximum absolute atomic E-state index is 13.3. The number of rotatable bonds is 4. The van der Waals surface area contributed by atoms with Crippen LogP contribution in [0.3, 0.4) is 0 Å². The van der Waals surface area contributed by atoms with Crippen molar-refractivity contribution in [2.24, 2.45) is 4.99 Å². The van der Waals surface area contributed by atoms with Crippen LogP contribution in [0.25, 0.3) is 6.08 Å². The maximum Gasteiger partial charge on any atom is 0.338 e. The van der Waals surface area contributed by atoms with Crippen LogP contribution in [-0.2, 0) is 9.53 Å². The van der Waals surface area contributed by atoms with Crippen molar-refractivity contribution in [1.29, 1.82) is 0 Å². The molecule has 3 heterocycles. The molecule has 7 heteroatoms. The molecule has 0 spiro atoms. The molecule has 0 N–H and O–H groups in total. The van der Waals surface area contributed by atoms with Crippen LogP contribution in [0.4, 0.5) is 0 Å². The van der Waals surface area contributed by atoms with Crippen molar-refractivity contribution in [3.63, 3.8) is 0 Å². The zero-order chi connectivity index (χ0) is 20.5. The highest BCUT2D eigenvalue weighted by molar-refractivity contribution is 7.11. The molecular formula is C22H20N2O3S2. The number of aromatic nitrogens is 1. The lowest BCUT2D eigenvalue weighted by Gasteiger charge is -2.24. The smallest absolute Gasteiger partial charge is 0.338 e. The second-order valence-corrected chi connectivity index (χ2v) is 8.72. The molecule has 29 heavy (non-hydrogen) atoms. The van der Waals surface area contributed by atoms with E-state index < -0.39 is 12.0 Å². The first-order chi connectivity index (χ1) is 14.0. The number of esters is 1. The molecule has 0 aliphatic carbocycles. The van der Waals surface area contributed by atoms with Gasteiger partial charge in [-0.2, -0.15) is 0 Å². The van der Waals surface area contributed by atoms with Gasteiger partial charge in [0.2, 0.25) is 0 Å². The third-order valence-corrected chi connectivity index (χ3v) is 6.53. The fourth-order valence-corrected chi connectivity index (χ4v) is 5.13. The van der Waals surface area contributed by atoms with Gasteiger partial charge in [0.15, 0.2) is 4.80 Å². The number of benzene rings is 1. The first-order valence-electron chi connectivity index (χ1n) is 9.29. The lowest BCUT2D eigenvalue weighted by Crippen LogP contribution is -2.39. The molecule has 1 atom stereocenters. The van der Waals surface area contributed by atoms with Crippen molar-refractivity contribution >= 4 is 34.7 Å². The summed E-state index contributed by atoms with van der Waals surface area (Å²) in [6, 6.07) is 11.2. The van der Waals surface area contributed by atoms with Gasteiger partial charge in [0, 0.05) is 4.88 Å². The molecule has 0 fully saturated rings. The third kappa shape index (κ3) is 3.63. The molecule has 0 unspecified atom stereocenters.